The topological polar surface area (TPSA) is 37.4 Å². The molecule has 1 aliphatic carbocycles. The molecule has 0 aromatic carbocycles. The van der Waals surface area contributed by atoms with Crippen molar-refractivity contribution >= 4 is 11.7 Å². The number of hydrogen-bond donors (Lipinski definition) is 0. The molecule has 0 aromatic heterocycles. The Morgan fingerprint density at radius 2 is 2.00 bits per heavy atom. The molecule has 2 fully saturated rings. The number of carbonyl (C=O) groups excluding carboxylic acids is 2. The number of ketones is 1. The van der Waals surface area contributed by atoms with E-state index in [0.29, 0.717) is 25.3 Å². The highest BCUT2D eigenvalue weighted by atomic mass is 16.2. The Morgan fingerprint density at radius 1 is 1.38 bits per heavy atom. The number of Topliss-reactive ketones (excluding diaryl/α,β-unsaturated/α-hetero) is 1. The summed E-state index contributed by atoms with van der Waals surface area (Å²) in [5.74, 6) is 0.950. The van der Waals surface area contributed by atoms with Crippen molar-refractivity contribution in [2.24, 2.45) is 5.92 Å². The lowest BCUT2D eigenvalue weighted by atomic mass is 9.99. The fourth-order valence-corrected chi connectivity index (χ4v) is 3.02. The molecule has 1 aliphatic heterocycles. The molecular weight excluding hydrogens is 202 g/mol. The summed E-state index contributed by atoms with van der Waals surface area (Å²) in [6, 6.07) is 0. The van der Waals surface area contributed by atoms with Crippen molar-refractivity contribution in [3.05, 3.63) is 0 Å². The van der Waals surface area contributed by atoms with Gasteiger partial charge in [0.1, 0.15) is 0 Å². The van der Waals surface area contributed by atoms with Gasteiger partial charge in [0.05, 0.1) is 6.54 Å². The first-order chi connectivity index (χ1) is 7.49. The maximum atomic E-state index is 12.1. The van der Waals surface area contributed by atoms with Crippen molar-refractivity contribution in [2.75, 3.05) is 6.54 Å². The van der Waals surface area contributed by atoms with E-state index >= 15 is 0 Å². The maximum absolute atomic E-state index is 12.1. The fourth-order valence-electron chi connectivity index (χ4n) is 3.02. The third kappa shape index (κ3) is 2.28. The summed E-state index contributed by atoms with van der Waals surface area (Å²) >= 11 is 0. The Labute approximate surface area is 97.2 Å². The van der Waals surface area contributed by atoms with Crippen LogP contribution < -0.4 is 0 Å². The largest absolute Gasteiger partial charge is 0.330 e. The zero-order valence-electron chi connectivity index (χ0n) is 10.3. The molecule has 0 aromatic rings. The summed E-state index contributed by atoms with van der Waals surface area (Å²) in [7, 11) is 0. The summed E-state index contributed by atoms with van der Waals surface area (Å²) in [6.07, 6.45) is 6.07. The monoisotopic (exact) mass is 223 g/mol. The predicted octanol–water partition coefficient (Wildman–Crippen LogP) is 2.15. The van der Waals surface area contributed by atoms with E-state index < -0.39 is 0 Å². The molecule has 1 saturated heterocycles. The third-order valence-electron chi connectivity index (χ3n) is 3.93. The summed E-state index contributed by atoms with van der Waals surface area (Å²) < 4.78 is 0. The smallest absolute Gasteiger partial charge is 0.223 e. The lowest BCUT2D eigenvalue weighted by molar-refractivity contribution is -0.136. The van der Waals surface area contributed by atoms with Crippen molar-refractivity contribution in [3.8, 4) is 0 Å². The number of hydrogen-bond acceptors (Lipinski definition) is 2. The van der Waals surface area contributed by atoms with Crippen LogP contribution in [0.4, 0.5) is 0 Å². The Kier molecular flexibility index (Phi) is 3.04. The van der Waals surface area contributed by atoms with Gasteiger partial charge in [0.15, 0.2) is 5.78 Å². The predicted molar refractivity (Wildman–Crippen MR) is 62.0 cm³/mol. The molecule has 2 rings (SSSR count). The summed E-state index contributed by atoms with van der Waals surface area (Å²) in [5.41, 5.74) is -0.257. The van der Waals surface area contributed by atoms with E-state index in [1.807, 2.05) is 13.8 Å². The van der Waals surface area contributed by atoms with Gasteiger partial charge in [-0.15, -0.1) is 0 Å². The first-order valence-electron chi connectivity index (χ1n) is 6.31. The molecule has 3 heteroatoms. The zero-order chi connectivity index (χ0) is 11.8. The number of likely N-dealkylation sites (tertiary alicyclic amines) is 1. The number of nitrogens with zero attached hydrogens (tertiary/aromatic N) is 1. The molecule has 0 bridgehead atoms. The molecule has 0 atom stereocenters. The van der Waals surface area contributed by atoms with Crippen LogP contribution in [0.2, 0.25) is 0 Å². The van der Waals surface area contributed by atoms with Gasteiger partial charge in [0.25, 0.3) is 0 Å². The normalized spacial score (nSPS) is 25.4. The maximum Gasteiger partial charge on any atom is 0.223 e. The van der Waals surface area contributed by atoms with E-state index in [1.54, 1.807) is 4.90 Å². The first kappa shape index (κ1) is 11.6. The number of rotatable bonds is 2. The van der Waals surface area contributed by atoms with E-state index in [-0.39, 0.29) is 17.2 Å². The van der Waals surface area contributed by atoms with Gasteiger partial charge in [-0.25, -0.2) is 0 Å². The third-order valence-corrected chi connectivity index (χ3v) is 3.93. The van der Waals surface area contributed by atoms with Gasteiger partial charge < -0.3 is 4.90 Å². The van der Waals surface area contributed by atoms with E-state index in [9.17, 15) is 9.59 Å². The van der Waals surface area contributed by atoms with Gasteiger partial charge in [-0.2, -0.15) is 0 Å². The van der Waals surface area contributed by atoms with Crippen LogP contribution in [-0.2, 0) is 9.59 Å². The van der Waals surface area contributed by atoms with Gasteiger partial charge in [-0.3, -0.25) is 9.59 Å². The van der Waals surface area contributed by atoms with Crippen molar-refractivity contribution < 1.29 is 9.59 Å². The van der Waals surface area contributed by atoms with E-state index in [1.165, 1.54) is 25.7 Å². The SMILES string of the molecule is CC1(C)CC(=O)CN1C(=O)CC1CCCC1. The quantitative estimate of drug-likeness (QED) is 0.719. The van der Waals surface area contributed by atoms with Crippen LogP contribution in [0, 0.1) is 5.92 Å². The molecular formula is C13H21NO2. The van der Waals surface area contributed by atoms with Crippen LogP contribution in [0.15, 0.2) is 0 Å². The molecule has 3 nitrogen and oxygen atoms in total. The molecule has 1 heterocycles. The highest BCUT2D eigenvalue weighted by Crippen LogP contribution is 2.31. The molecule has 0 N–H and O–H groups in total. The number of carbonyl (C=O) groups is 2. The highest BCUT2D eigenvalue weighted by Gasteiger charge is 2.40. The Balaban J connectivity index is 1.96. The molecule has 1 amide bonds. The molecule has 0 unspecified atom stereocenters. The molecule has 0 spiro atoms. The second-order valence-electron chi connectivity index (χ2n) is 5.86. The molecule has 1 saturated carbocycles. The van der Waals surface area contributed by atoms with Gasteiger partial charge in [0.2, 0.25) is 5.91 Å². The van der Waals surface area contributed by atoms with Crippen molar-refractivity contribution in [2.45, 2.75) is 57.9 Å². The van der Waals surface area contributed by atoms with E-state index in [4.69, 9.17) is 0 Å². The Morgan fingerprint density at radius 3 is 2.50 bits per heavy atom. The zero-order valence-corrected chi connectivity index (χ0v) is 10.3. The van der Waals surface area contributed by atoms with Crippen LogP contribution in [0.5, 0.6) is 0 Å². The van der Waals surface area contributed by atoms with Crippen LogP contribution in [0.25, 0.3) is 0 Å². The second-order valence-corrected chi connectivity index (χ2v) is 5.86. The second kappa shape index (κ2) is 4.19. The van der Waals surface area contributed by atoms with Crippen LogP contribution in [0.3, 0.4) is 0 Å². The lowest BCUT2D eigenvalue weighted by Gasteiger charge is -2.31. The van der Waals surface area contributed by atoms with Gasteiger partial charge >= 0.3 is 0 Å². The molecule has 16 heavy (non-hydrogen) atoms. The minimum absolute atomic E-state index is 0.183. The van der Waals surface area contributed by atoms with Crippen molar-refractivity contribution in [1.82, 2.24) is 4.90 Å². The van der Waals surface area contributed by atoms with Gasteiger partial charge in [-0.05, 0) is 32.6 Å². The van der Waals surface area contributed by atoms with Gasteiger partial charge in [0, 0.05) is 18.4 Å². The molecule has 90 valence electrons. The summed E-state index contributed by atoms with van der Waals surface area (Å²) in [5, 5.41) is 0. The van der Waals surface area contributed by atoms with E-state index in [0.717, 1.165) is 0 Å². The van der Waals surface area contributed by atoms with Crippen LogP contribution in [-0.4, -0.2) is 28.7 Å². The first-order valence-corrected chi connectivity index (χ1v) is 6.31. The van der Waals surface area contributed by atoms with Crippen LogP contribution in [0.1, 0.15) is 52.4 Å². The Hall–Kier alpha value is -0.860. The standard InChI is InChI=1S/C13H21NO2/c1-13(2)8-11(15)9-14(13)12(16)7-10-5-3-4-6-10/h10H,3-9H2,1-2H3. The van der Waals surface area contributed by atoms with Crippen molar-refractivity contribution in [1.29, 1.82) is 0 Å². The van der Waals surface area contributed by atoms with E-state index in [2.05, 4.69) is 0 Å². The van der Waals surface area contributed by atoms with Gasteiger partial charge in [-0.1, -0.05) is 12.8 Å². The van der Waals surface area contributed by atoms with Crippen molar-refractivity contribution in [3.63, 3.8) is 0 Å². The average molecular weight is 223 g/mol. The van der Waals surface area contributed by atoms with Crippen LogP contribution >= 0.6 is 0 Å². The summed E-state index contributed by atoms with van der Waals surface area (Å²) in [4.78, 5) is 25.3. The average Bonchev–Trinajstić information content (AvgIpc) is 2.73. The number of amides is 1. The minimum atomic E-state index is -0.257. The highest BCUT2D eigenvalue weighted by molar-refractivity contribution is 5.91. The minimum Gasteiger partial charge on any atom is -0.330 e. The lowest BCUT2D eigenvalue weighted by Crippen LogP contribution is -2.43. The molecule has 2 aliphatic rings. The summed E-state index contributed by atoms with van der Waals surface area (Å²) in [6.45, 7) is 4.31. The fraction of sp³-hybridized carbons (Fsp3) is 0.846. The molecule has 0 radical (unpaired) electrons. The Bertz CT molecular complexity index is 303.